The summed E-state index contributed by atoms with van der Waals surface area (Å²) in [5.41, 5.74) is 2.20. The summed E-state index contributed by atoms with van der Waals surface area (Å²) in [6.45, 7) is 4.67. The van der Waals surface area contributed by atoms with E-state index >= 15 is 0 Å². The predicted octanol–water partition coefficient (Wildman–Crippen LogP) is 4.40. The number of hydrogen-bond donors (Lipinski definition) is 4. The summed E-state index contributed by atoms with van der Waals surface area (Å²) in [6.07, 6.45) is 4.85. The minimum Gasteiger partial charge on any atom is -0.457 e. The van der Waals surface area contributed by atoms with Crippen molar-refractivity contribution in [3.63, 3.8) is 0 Å². The molecule has 3 aromatic rings. The summed E-state index contributed by atoms with van der Waals surface area (Å²) >= 11 is 1.67. The number of ether oxygens (including phenoxy) is 1. The zero-order valence-corrected chi connectivity index (χ0v) is 23.2. The van der Waals surface area contributed by atoms with Gasteiger partial charge in [-0.2, -0.15) is 0 Å². The van der Waals surface area contributed by atoms with E-state index in [1.54, 1.807) is 11.8 Å². The fourth-order valence-electron chi connectivity index (χ4n) is 6.09. The SMILES string of the molecule is C[C@@](C(=O)CO)(C1CSC(c2cc3cc(Oc4ccccc4)cc(NC4CCCC4)c3[nH]2)=N1)N1CCNCC1. The van der Waals surface area contributed by atoms with Crippen LogP contribution < -0.4 is 15.4 Å². The summed E-state index contributed by atoms with van der Waals surface area (Å²) in [5.74, 6) is 2.13. The van der Waals surface area contributed by atoms with Gasteiger partial charge < -0.3 is 25.5 Å². The number of benzene rings is 2. The summed E-state index contributed by atoms with van der Waals surface area (Å²) in [6, 6.07) is 16.4. The van der Waals surface area contributed by atoms with Gasteiger partial charge in [0.2, 0.25) is 0 Å². The fourth-order valence-corrected chi connectivity index (χ4v) is 7.27. The second-order valence-corrected chi connectivity index (χ2v) is 11.9. The first-order chi connectivity index (χ1) is 19.0. The van der Waals surface area contributed by atoms with Crippen molar-refractivity contribution in [3.8, 4) is 11.5 Å². The van der Waals surface area contributed by atoms with Crippen LogP contribution in [0.2, 0.25) is 0 Å². The molecule has 8 nitrogen and oxygen atoms in total. The number of aliphatic hydroxyl groups is 1. The van der Waals surface area contributed by atoms with Gasteiger partial charge in [0.25, 0.3) is 0 Å². The molecule has 2 atom stereocenters. The van der Waals surface area contributed by atoms with E-state index in [1.807, 2.05) is 37.3 Å². The van der Waals surface area contributed by atoms with E-state index in [9.17, 15) is 9.90 Å². The number of aromatic nitrogens is 1. The largest absolute Gasteiger partial charge is 0.457 e. The zero-order chi connectivity index (χ0) is 26.8. The summed E-state index contributed by atoms with van der Waals surface area (Å²) in [5, 5.41) is 18.9. The van der Waals surface area contributed by atoms with Crippen molar-refractivity contribution >= 4 is 39.2 Å². The van der Waals surface area contributed by atoms with Crippen LogP contribution in [0.3, 0.4) is 0 Å². The topological polar surface area (TPSA) is 102 Å². The Morgan fingerprint density at radius 3 is 2.67 bits per heavy atom. The molecule has 0 amide bonds. The van der Waals surface area contributed by atoms with Crippen LogP contribution in [0.25, 0.3) is 10.9 Å². The number of nitrogens with one attached hydrogen (secondary N) is 3. The Morgan fingerprint density at radius 2 is 1.92 bits per heavy atom. The highest BCUT2D eigenvalue weighted by atomic mass is 32.2. The lowest BCUT2D eigenvalue weighted by atomic mass is 9.86. The minimum absolute atomic E-state index is 0.164. The first-order valence-electron chi connectivity index (χ1n) is 14.0. The number of aromatic amines is 1. The van der Waals surface area contributed by atoms with Crippen LogP contribution in [0.5, 0.6) is 11.5 Å². The smallest absolute Gasteiger partial charge is 0.180 e. The normalized spacial score (nSPS) is 22.1. The predicted molar refractivity (Wildman–Crippen MR) is 158 cm³/mol. The lowest BCUT2D eigenvalue weighted by Crippen LogP contribution is -2.64. The lowest BCUT2D eigenvalue weighted by Gasteiger charge is -2.44. The average molecular weight is 548 g/mol. The highest BCUT2D eigenvalue weighted by Gasteiger charge is 2.47. The van der Waals surface area contributed by atoms with Gasteiger partial charge in [0.15, 0.2) is 5.78 Å². The number of nitrogens with zero attached hydrogens (tertiary/aromatic N) is 2. The number of anilines is 1. The molecule has 0 radical (unpaired) electrons. The van der Waals surface area contributed by atoms with Crippen molar-refractivity contribution < 1.29 is 14.6 Å². The Balaban J connectivity index is 1.33. The van der Waals surface area contributed by atoms with E-state index in [1.165, 1.54) is 25.7 Å². The summed E-state index contributed by atoms with van der Waals surface area (Å²) < 4.78 is 6.23. The number of aliphatic hydroxyl groups excluding tert-OH is 1. The van der Waals surface area contributed by atoms with E-state index in [0.717, 1.165) is 65.0 Å². The molecule has 206 valence electrons. The number of hydrogen-bond acceptors (Lipinski definition) is 8. The van der Waals surface area contributed by atoms with Crippen molar-refractivity contribution in [1.29, 1.82) is 0 Å². The van der Waals surface area contributed by atoms with Crippen molar-refractivity contribution in [2.75, 3.05) is 43.9 Å². The number of carbonyl (C=O) groups excluding carboxylic acids is 1. The van der Waals surface area contributed by atoms with Gasteiger partial charge in [0.05, 0.1) is 22.9 Å². The molecule has 3 aliphatic rings. The van der Waals surface area contributed by atoms with Crippen LogP contribution in [-0.4, -0.2) is 82.0 Å². The molecule has 4 N–H and O–H groups in total. The zero-order valence-electron chi connectivity index (χ0n) is 22.4. The highest BCUT2D eigenvalue weighted by Crippen LogP contribution is 2.38. The third-order valence-corrected chi connectivity index (χ3v) is 9.49. The molecular weight excluding hydrogens is 510 g/mol. The van der Waals surface area contributed by atoms with E-state index in [2.05, 4.69) is 38.7 Å². The van der Waals surface area contributed by atoms with Gasteiger partial charge in [-0.15, -0.1) is 11.8 Å². The lowest BCUT2D eigenvalue weighted by molar-refractivity contribution is -0.134. The Labute approximate surface area is 233 Å². The Morgan fingerprint density at radius 1 is 1.15 bits per heavy atom. The van der Waals surface area contributed by atoms with Crippen molar-refractivity contribution in [3.05, 3.63) is 54.2 Å². The monoisotopic (exact) mass is 547 g/mol. The number of thioether (sulfide) groups is 1. The standard InChI is InChI=1S/C30H37N5O3S/c1-30(27(37)18-36,35-13-11-31-12-14-35)26-19-39-29(34-26)25-16-20-15-23(38-22-9-3-2-4-10-22)17-24(28(20)33-25)32-21-7-5-6-8-21/h2-4,9-10,15-17,21,26,31-33,36H,5-8,11-14,18-19H2,1H3/t26?,30-/m0/s1. The van der Waals surface area contributed by atoms with E-state index < -0.39 is 12.1 Å². The number of fused-ring (bicyclic) bond motifs is 1. The van der Waals surface area contributed by atoms with Crippen LogP contribution in [0.1, 0.15) is 38.3 Å². The number of carbonyl (C=O) groups is 1. The third kappa shape index (κ3) is 5.33. The molecule has 1 saturated carbocycles. The van der Waals surface area contributed by atoms with Crippen LogP contribution in [-0.2, 0) is 4.79 Å². The number of Topliss-reactive ketones (excluding diaryl/α,β-unsaturated/α-hetero) is 1. The summed E-state index contributed by atoms with van der Waals surface area (Å²) in [7, 11) is 0. The Hall–Kier alpha value is -2.85. The third-order valence-electron chi connectivity index (χ3n) is 8.41. The summed E-state index contributed by atoms with van der Waals surface area (Å²) in [4.78, 5) is 24.0. The highest BCUT2D eigenvalue weighted by molar-refractivity contribution is 8.14. The van der Waals surface area contributed by atoms with Crippen LogP contribution in [0.4, 0.5) is 5.69 Å². The number of H-pyrrole nitrogens is 1. The fraction of sp³-hybridized carbons (Fsp3) is 0.467. The Kier molecular flexibility index (Phi) is 7.66. The number of ketones is 1. The first-order valence-corrected chi connectivity index (χ1v) is 15.0. The van der Waals surface area contributed by atoms with Crippen LogP contribution in [0, 0.1) is 0 Å². The first kappa shape index (κ1) is 26.4. The van der Waals surface area contributed by atoms with E-state index in [0.29, 0.717) is 11.8 Å². The number of piperazine rings is 1. The van der Waals surface area contributed by atoms with Gasteiger partial charge in [0.1, 0.15) is 28.7 Å². The van der Waals surface area contributed by atoms with Gasteiger partial charge in [-0.25, -0.2) is 0 Å². The molecule has 6 rings (SSSR count). The molecule has 1 saturated heterocycles. The minimum atomic E-state index is -0.830. The quantitative estimate of drug-likeness (QED) is 0.315. The van der Waals surface area contributed by atoms with Gasteiger partial charge >= 0.3 is 0 Å². The van der Waals surface area contributed by atoms with Crippen molar-refractivity contribution in [1.82, 2.24) is 15.2 Å². The van der Waals surface area contributed by atoms with Crippen molar-refractivity contribution in [2.45, 2.75) is 50.2 Å². The molecule has 1 unspecified atom stereocenters. The van der Waals surface area contributed by atoms with Crippen LogP contribution >= 0.6 is 11.8 Å². The maximum atomic E-state index is 13.1. The van der Waals surface area contributed by atoms with E-state index in [4.69, 9.17) is 9.73 Å². The molecule has 3 heterocycles. The maximum Gasteiger partial charge on any atom is 0.180 e. The molecule has 39 heavy (non-hydrogen) atoms. The average Bonchev–Trinajstić information content (AvgIpc) is 3.74. The van der Waals surface area contributed by atoms with Gasteiger partial charge in [-0.05, 0) is 44.0 Å². The second-order valence-electron chi connectivity index (χ2n) is 10.9. The number of para-hydroxylation sites is 1. The molecule has 2 aliphatic heterocycles. The second kappa shape index (κ2) is 11.3. The number of rotatable bonds is 9. The van der Waals surface area contributed by atoms with Crippen molar-refractivity contribution in [2.24, 2.45) is 4.99 Å². The number of aliphatic imine (C=N–C) groups is 1. The molecule has 0 spiro atoms. The van der Waals surface area contributed by atoms with E-state index in [-0.39, 0.29) is 11.8 Å². The van der Waals surface area contributed by atoms with Gasteiger partial charge in [0, 0.05) is 49.4 Å². The van der Waals surface area contributed by atoms with Gasteiger partial charge in [-0.1, -0.05) is 31.0 Å². The van der Waals surface area contributed by atoms with Crippen LogP contribution in [0.15, 0.2) is 53.5 Å². The molecular formula is C30H37N5O3S. The molecule has 1 aromatic heterocycles. The maximum absolute atomic E-state index is 13.1. The molecule has 9 heteroatoms. The molecule has 2 fully saturated rings. The van der Waals surface area contributed by atoms with Gasteiger partial charge in [-0.3, -0.25) is 14.7 Å². The molecule has 2 aromatic carbocycles. The molecule has 1 aliphatic carbocycles. The Bertz CT molecular complexity index is 1350. The molecule has 0 bridgehead atoms.